The predicted molar refractivity (Wildman–Crippen MR) is 74.2 cm³/mol. The Morgan fingerprint density at radius 3 is 2.76 bits per heavy atom. The van der Waals surface area contributed by atoms with Gasteiger partial charge in [0.1, 0.15) is 5.75 Å². The van der Waals surface area contributed by atoms with Crippen LogP contribution in [-0.4, -0.2) is 7.11 Å². The van der Waals surface area contributed by atoms with E-state index in [1.54, 1.807) is 18.4 Å². The molecule has 0 fully saturated rings. The molecule has 1 heterocycles. The lowest BCUT2D eigenvalue weighted by molar-refractivity contribution is 0.413. The SMILES string of the molecule is COc1cccc(C(NN)c2ccc(Br)s2)c1. The molecule has 0 spiro atoms. The fourth-order valence-corrected chi connectivity index (χ4v) is 3.16. The van der Waals surface area contributed by atoms with E-state index < -0.39 is 0 Å². The highest BCUT2D eigenvalue weighted by Crippen LogP contribution is 2.31. The van der Waals surface area contributed by atoms with Gasteiger partial charge in [0, 0.05) is 4.88 Å². The van der Waals surface area contributed by atoms with Crippen LogP contribution in [0.3, 0.4) is 0 Å². The van der Waals surface area contributed by atoms with Crippen LogP contribution < -0.4 is 16.0 Å². The molecule has 0 aliphatic heterocycles. The first-order valence-corrected chi connectivity index (χ1v) is 6.71. The number of benzene rings is 1. The summed E-state index contributed by atoms with van der Waals surface area (Å²) in [6, 6.07) is 12.0. The maximum absolute atomic E-state index is 5.64. The molecule has 2 rings (SSSR count). The first kappa shape index (κ1) is 12.6. The second-order valence-electron chi connectivity index (χ2n) is 3.52. The van der Waals surface area contributed by atoms with Crippen LogP contribution in [0, 0.1) is 0 Å². The van der Waals surface area contributed by atoms with E-state index in [4.69, 9.17) is 10.6 Å². The number of halogens is 1. The largest absolute Gasteiger partial charge is 0.497 e. The molecule has 0 amide bonds. The number of hydrogen-bond acceptors (Lipinski definition) is 4. The Labute approximate surface area is 113 Å². The van der Waals surface area contributed by atoms with Crippen LogP contribution >= 0.6 is 27.3 Å². The number of nitrogens with one attached hydrogen (secondary N) is 1. The maximum Gasteiger partial charge on any atom is 0.119 e. The maximum atomic E-state index is 5.64. The lowest BCUT2D eigenvalue weighted by Gasteiger charge is -2.15. The van der Waals surface area contributed by atoms with Gasteiger partial charge in [-0.15, -0.1) is 11.3 Å². The van der Waals surface area contributed by atoms with Gasteiger partial charge < -0.3 is 4.74 Å². The van der Waals surface area contributed by atoms with Crippen LogP contribution in [0.15, 0.2) is 40.2 Å². The fraction of sp³-hybridized carbons (Fsp3) is 0.167. The molecule has 0 bridgehead atoms. The van der Waals surface area contributed by atoms with E-state index >= 15 is 0 Å². The van der Waals surface area contributed by atoms with Gasteiger partial charge in [0.25, 0.3) is 0 Å². The van der Waals surface area contributed by atoms with Gasteiger partial charge in [-0.1, -0.05) is 12.1 Å². The standard InChI is InChI=1S/C12H13BrN2OS/c1-16-9-4-2-3-8(7-9)12(15-14)10-5-6-11(13)17-10/h2-7,12,15H,14H2,1H3. The van der Waals surface area contributed by atoms with Crippen LogP contribution in [0.25, 0.3) is 0 Å². The van der Waals surface area contributed by atoms with Crippen molar-refractivity contribution in [2.45, 2.75) is 6.04 Å². The van der Waals surface area contributed by atoms with E-state index in [-0.39, 0.29) is 6.04 Å². The predicted octanol–water partition coefficient (Wildman–Crippen LogP) is 3.07. The van der Waals surface area contributed by atoms with Crippen molar-refractivity contribution in [1.82, 2.24) is 5.43 Å². The van der Waals surface area contributed by atoms with Gasteiger partial charge in [-0.25, -0.2) is 5.43 Å². The van der Waals surface area contributed by atoms with Gasteiger partial charge in [-0.05, 0) is 45.8 Å². The molecule has 0 aliphatic carbocycles. The summed E-state index contributed by atoms with van der Waals surface area (Å²) in [6.45, 7) is 0. The number of hydrogen-bond donors (Lipinski definition) is 2. The smallest absolute Gasteiger partial charge is 0.119 e. The highest BCUT2D eigenvalue weighted by molar-refractivity contribution is 9.11. The number of nitrogens with two attached hydrogens (primary N) is 1. The highest BCUT2D eigenvalue weighted by atomic mass is 79.9. The van der Waals surface area contributed by atoms with E-state index in [1.807, 2.05) is 30.3 Å². The lowest BCUT2D eigenvalue weighted by atomic mass is 10.1. The lowest BCUT2D eigenvalue weighted by Crippen LogP contribution is -2.28. The third-order valence-corrected chi connectivity index (χ3v) is 4.16. The molecule has 3 nitrogen and oxygen atoms in total. The van der Waals surface area contributed by atoms with Crippen LogP contribution in [0.1, 0.15) is 16.5 Å². The third-order valence-electron chi connectivity index (χ3n) is 2.47. The van der Waals surface area contributed by atoms with Crippen molar-refractivity contribution in [3.63, 3.8) is 0 Å². The molecule has 3 N–H and O–H groups in total. The minimum atomic E-state index is -0.0126. The Balaban J connectivity index is 2.34. The molecular weight excluding hydrogens is 300 g/mol. The monoisotopic (exact) mass is 312 g/mol. The molecule has 1 aromatic heterocycles. The Hall–Kier alpha value is -0.880. The zero-order valence-electron chi connectivity index (χ0n) is 9.31. The average Bonchev–Trinajstić information content (AvgIpc) is 2.77. The van der Waals surface area contributed by atoms with Gasteiger partial charge in [-0.2, -0.15) is 0 Å². The van der Waals surface area contributed by atoms with Crippen molar-refractivity contribution in [2.75, 3.05) is 7.11 Å². The van der Waals surface area contributed by atoms with Crippen LogP contribution in [0.4, 0.5) is 0 Å². The van der Waals surface area contributed by atoms with Crippen LogP contribution in [-0.2, 0) is 0 Å². The van der Waals surface area contributed by atoms with Crippen LogP contribution in [0.2, 0.25) is 0 Å². The fourth-order valence-electron chi connectivity index (χ4n) is 1.65. The molecule has 1 unspecified atom stereocenters. The number of ether oxygens (including phenoxy) is 1. The van der Waals surface area contributed by atoms with Gasteiger partial charge in [-0.3, -0.25) is 5.84 Å². The zero-order chi connectivity index (χ0) is 12.3. The summed E-state index contributed by atoms with van der Waals surface area (Å²) in [5, 5.41) is 0. The average molecular weight is 313 g/mol. The van der Waals surface area contributed by atoms with E-state index in [0.717, 1.165) is 20.0 Å². The van der Waals surface area contributed by atoms with Crippen molar-refractivity contribution in [2.24, 2.45) is 5.84 Å². The van der Waals surface area contributed by atoms with Crippen molar-refractivity contribution in [3.8, 4) is 5.75 Å². The molecule has 5 heteroatoms. The summed E-state index contributed by atoms with van der Waals surface area (Å²) >= 11 is 5.12. The first-order valence-electron chi connectivity index (χ1n) is 5.10. The molecule has 90 valence electrons. The Morgan fingerprint density at radius 1 is 1.35 bits per heavy atom. The minimum Gasteiger partial charge on any atom is -0.497 e. The number of methoxy groups -OCH3 is 1. The van der Waals surface area contributed by atoms with E-state index in [0.29, 0.717) is 0 Å². The molecule has 17 heavy (non-hydrogen) atoms. The summed E-state index contributed by atoms with van der Waals surface area (Å²) in [5.74, 6) is 6.47. The Kier molecular flexibility index (Phi) is 4.17. The normalized spacial score (nSPS) is 12.4. The van der Waals surface area contributed by atoms with Crippen LogP contribution in [0.5, 0.6) is 5.75 Å². The number of hydrazine groups is 1. The highest BCUT2D eigenvalue weighted by Gasteiger charge is 2.14. The molecule has 1 atom stereocenters. The van der Waals surface area contributed by atoms with Crippen molar-refractivity contribution in [1.29, 1.82) is 0 Å². The molecule has 0 saturated heterocycles. The molecule has 0 aliphatic rings. The number of rotatable bonds is 4. The molecule has 2 aromatic rings. The quantitative estimate of drug-likeness (QED) is 0.674. The molecule has 1 aromatic carbocycles. The summed E-state index contributed by atoms with van der Waals surface area (Å²) < 4.78 is 6.31. The Morgan fingerprint density at radius 2 is 2.18 bits per heavy atom. The topological polar surface area (TPSA) is 47.3 Å². The summed E-state index contributed by atoms with van der Waals surface area (Å²) in [6.07, 6.45) is 0. The molecular formula is C12H13BrN2OS. The molecule has 0 radical (unpaired) electrons. The van der Waals surface area contributed by atoms with Gasteiger partial charge in [0.2, 0.25) is 0 Å². The van der Waals surface area contributed by atoms with E-state index in [2.05, 4.69) is 27.4 Å². The molecule has 0 saturated carbocycles. The number of thiophene rings is 1. The minimum absolute atomic E-state index is 0.0126. The Bertz CT molecular complexity index is 501. The summed E-state index contributed by atoms with van der Waals surface area (Å²) in [5.41, 5.74) is 3.92. The zero-order valence-corrected chi connectivity index (χ0v) is 11.7. The third kappa shape index (κ3) is 2.87. The first-order chi connectivity index (χ1) is 8.24. The van der Waals surface area contributed by atoms with E-state index in [1.165, 1.54) is 0 Å². The van der Waals surface area contributed by atoms with Gasteiger partial charge in [0.15, 0.2) is 0 Å². The summed E-state index contributed by atoms with van der Waals surface area (Å²) in [4.78, 5) is 1.16. The van der Waals surface area contributed by atoms with Crippen molar-refractivity contribution < 1.29 is 4.74 Å². The second kappa shape index (κ2) is 5.64. The van der Waals surface area contributed by atoms with Crippen molar-refractivity contribution >= 4 is 27.3 Å². The van der Waals surface area contributed by atoms with Gasteiger partial charge >= 0.3 is 0 Å². The van der Waals surface area contributed by atoms with Crippen molar-refractivity contribution in [3.05, 3.63) is 50.6 Å². The van der Waals surface area contributed by atoms with Gasteiger partial charge in [0.05, 0.1) is 16.9 Å². The summed E-state index contributed by atoms with van der Waals surface area (Å²) in [7, 11) is 1.66. The second-order valence-corrected chi connectivity index (χ2v) is 6.01. The van der Waals surface area contributed by atoms with E-state index in [9.17, 15) is 0 Å².